The lowest BCUT2D eigenvalue weighted by Gasteiger charge is -2.24. The van der Waals surface area contributed by atoms with Gasteiger partial charge in [-0.15, -0.1) is 0 Å². The molecule has 0 aliphatic carbocycles. The molecule has 0 spiro atoms. The number of rotatable bonds is 4. The highest BCUT2D eigenvalue weighted by molar-refractivity contribution is 5.95. The first kappa shape index (κ1) is 16.0. The summed E-state index contributed by atoms with van der Waals surface area (Å²) in [4.78, 5) is 19.1. The second-order valence-electron chi connectivity index (χ2n) is 5.80. The number of aryl methyl sites for hydroxylation is 1. The van der Waals surface area contributed by atoms with E-state index in [0.29, 0.717) is 5.56 Å². The minimum Gasteiger partial charge on any atom is -0.467 e. The summed E-state index contributed by atoms with van der Waals surface area (Å²) in [6, 6.07) is 17.2. The van der Waals surface area contributed by atoms with Crippen LogP contribution in [0.15, 0.2) is 65.3 Å². The third-order valence-corrected chi connectivity index (χ3v) is 4.24. The molecule has 0 bridgehead atoms. The molecule has 0 saturated heterocycles. The zero-order chi connectivity index (χ0) is 17.1. The Morgan fingerprint density at radius 1 is 1.08 bits per heavy atom. The van der Waals surface area contributed by atoms with Gasteiger partial charge >= 0.3 is 0 Å². The van der Waals surface area contributed by atoms with Gasteiger partial charge in [-0.25, -0.2) is 0 Å². The Morgan fingerprint density at radius 3 is 2.46 bits per heavy atom. The van der Waals surface area contributed by atoms with Crippen LogP contribution in [0.25, 0.3) is 11.3 Å². The molecule has 3 rings (SSSR count). The molecule has 0 saturated carbocycles. The minimum absolute atomic E-state index is 0.0662. The van der Waals surface area contributed by atoms with Crippen molar-refractivity contribution >= 4 is 5.91 Å². The maximum Gasteiger partial charge on any atom is 0.256 e. The summed E-state index contributed by atoms with van der Waals surface area (Å²) >= 11 is 0. The van der Waals surface area contributed by atoms with Crippen molar-refractivity contribution in [2.45, 2.75) is 19.9 Å². The van der Waals surface area contributed by atoms with E-state index < -0.39 is 0 Å². The van der Waals surface area contributed by atoms with Crippen LogP contribution in [0.3, 0.4) is 0 Å². The maximum absolute atomic E-state index is 12.8. The van der Waals surface area contributed by atoms with Crippen molar-refractivity contribution in [2.75, 3.05) is 7.05 Å². The molecule has 24 heavy (non-hydrogen) atoms. The van der Waals surface area contributed by atoms with Gasteiger partial charge in [-0.05, 0) is 38.1 Å². The summed E-state index contributed by atoms with van der Waals surface area (Å²) < 4.78 is 5.40. The number of furan rings is 1. The van der Waals surface area contributed by atoms with Crippen LogP contribution in [0.4, 0.5) is 0 Å². The Morgan fingerprint density at radius 2 is 1.83 bits per heavy atom. The highest BCUT2D eigenvalue weighted by Gasteiger charge is 2.22. The van der Waals surface area contributed by atoms with Crippen LogP contribution in [0, 0.1) is 6.92 Å². The lowest BCUT2D eigenvalue weighted by Crippen LogP contribution is -2.30. The summed E-state index contributed by atoms with van der Waals surface area (Å²) in [6.45, 7) is 3.81. The quantitative estimate of drug-likeness (QED) is 0.712. The van der Waals surface area contributed by atoms with Crippen molar-refractivity contribution in [2.24, 2.45) is 0 Å². The van der Waals surface area contributed by atoms with E-state index in [1.807, 2.05) is 68.4 Å². The maximum atomic E-state index is 12.8. The Bertz CT molecular complexity index is 826. The van der Waals surface area contributed by atoms with E-state index in [-0.39, 0.29) is 11.9 Å². The first-order valence-corrected chi connectivity index (χ1v) is 7.91. The van der Waals surface area contributed by atoms with Crippen molar-refractivity contribution < 1.29 is 9.21 Å². The number of pyridine rings is 1. The highest BCUT2D eigenvalue weighted by atomic mass is 16.3. The Kier molecular flexibility index (Phi) is 4.47. The van der Waals surface area contributed by atoms with E-state index in [0.717, 1.165) is 22.7 Å². The van der Waals surface area contributed by atoms with Gasteiger partial charge in [0.2, 0.25) is 0 Å². The summed E-state index contributed by atoms with van der Waals surface area (Å²) in [7, 11) is 1.78. The number of nitrogens with zero attached hydrogens (tertiary/aromatic N) is 2. The van der Waals surface area contributed by atoms with Crippen molar-refractivity contribution in [3.63, 3.8) is 0 Å². The molecule has 0 radical (unpaired) electrons. The molecule has 0 N–H and O–H groups in total. The molecule has 1 aromatic carbocycles. The van der Waals surface area contributed by atoms with Gasteiger partial charge in [0.1, 0.15) is 5.76 Å². The van der Waals surface area contributed by atoms with Crippen LogP contribution in [0.5, 0.6) is 0 Å². The van der Waals surface area contributed by atoms with E-state index in [9.17, 15) is 4.79 Å². The molecule has 0 aliphatic heterocycles. The number of hydrogen-bond acceptors (Lipinski definition) is 3. The molecule has 1 amide bonds. The molecule has 3 aromatic rings. The number of hydrogen-bond donors (Lipinski definition) is 0. The number of carbonyl (C=O) groups is 1. The van der Waals surface area contributed by atoms with Gasteiger partial charge < -0.3 is 9.32 Å². The second kappa shape index (κ2) is 6.71. The lowest BCUT2D eigenvalue weighted by molar-refractivity contribution is 0.0725. The van der Waals surface area contributed by atoms with E-state index in [2.05, 4.69) is 4.98 Å². The van der Waals surface area contributed by atoms with Crippen molar-refractivity contribution in [1.29, 1.82) is 0 Å². The number of benzene rings is 1. The van der Waals surface area contributed by atoms with Gasteiger partial charge in [-0.1, -0.05) is 30.3 Å². The monoisotopic (exact) mass is 320 g/mol. The molecule has 4 heteroatoms. The number of carbonyl (C=O) groups excluding carboxylic acids is 1. The first-order valence-electron chi connectivity index (χ1n) is 7.91. The summed E-state index contributed by atoms with van der Waals surface area (Å²) in [5.41, 5.74) is 3.23. The highest BCUT2D eigenvalue weighted by Crippen LogP contribution is 2.23. The SMILES string of the molecule is Cc1nc(-c2ccccc2)ccc1C(=O)N(C)C(C)c1ccco1. The van der Waals surface area contributed by atoms with Gasteiger partial charge in [-0.3, -0.25) is 9.78 Å². The fourth-order valence-electron chi connectivity index (χ4n) is 2.64. The fourth-order valence-corrected chi connectivity index (χ4v) is 2.64. The lowest BCUT2D eigenvalue weighted by atomic mass is 10.1. The topological polar surface area (TPSA) is 46.3 Å². The zero-order valence-corrected chi connectivity index (χ0v) is 14.1. The van der Waals surface area contributed by atoms with Crippen LogP contribution < -0.4 is 0 Å². The molecule has 0 fully saturated rings. The van der Waals surface area contributed by atoms with Gasteiger partial charge in [-0.2, -0.15) is 0 Å². The predicted molar refractivity (Wildman–Crippen MR) is 93.6 cm³/mol. The van der Waals surface area contributed by atoms with Crippen LogP contribution in [0.2, 0.25) is 0 Å². The molecular weight excluding hydrogens is 300 g/mol. The Balaban J connectivity index is 1.85. The minimum atomic E-state index is -0.138. The van der Waals surface area contributed by atoms with Crippen molar-refractivity contribution in [1.82, 2.24) is 9.88 Å². The summed E-state index contributed by atoms with van der Waals surface area (Å²) in [5.74, 6) is 0.695. The molecule has 0 aliphatic rings. The third-order valence-electron chi connectivity index (χ3n) is 4.24. The smallest absolute Gasteiger partial charge is 0.256 e. The number of aromatic nitrogens is 1. The molecule has 1 atom stereocenters. The van der Waals surface area contributed by atoms with Crippen LogP contribution in [-0.2, 0) is 0 Å². The normalized spacial score (nSPS) is 12.0. The van der Waals surface area contributed by atoms with Crippen LogP contribution in [-0.4, -0.2) is 22.8 Å². The van der Waals surface area contributed by atoms with E-state index in [1.54, 1.807) is 18.2 Å². The van der Waals surface area contributed by atoms with Gasteiger partial charge in [0.15, 0.2) is 0 Å². The largest absolute Gasteiger partial charge is 0.467 e. The fraction of sp³-hybridized carbons (Fsp3) is 0.200. The Labute approximate surface area is 141 Å². The standard InChI is InChI=1S/C20H20N2O2/c1-14-17(11-12-18(21-14)16-8-5-4-6-9-16)20(23)22(3)15(2)19-10-7-13-24-19/h4-13,15H,1-3H3. The average Bonchev–Trinajstić information content (AvgIpc) is 3.15. The van der Waals surface area contributed by atoms with Crippen LogP contribution in [0.1, 0.15) is 34.8 Å². The zero-order valence-electron chi connectivity index (χ0n) is 14.1. The van der Waals surface area contributed by atoms with Gasteiger partial charge in [0.05, 0.1) is 29.3 Å². The summed E-state index contributed by atoms with van der Waals surface area (Å²) in [5, 5.41) is 0. The van der Waals surface area contributed by atoms with E-state index >= 15 is 0 Å². The molecule has 2 aromatic heterocycles. The van der Waals surface area contributed by atoms with E-state index in [1.165, 1.54) is 0 Å². The van der Waals surface area contributed by atoms with Gasteiger partial charge in [0.25, 0.3) is 5.91 Å². The molecule has 2 heterocycles. The third kappa shape index (κ3) is 3.08. The first-order chi connectivity index (χ1) is 11.6. The van der Waals surface area contributed by atoms with Gasteiger partial charge in [0, 0.05) is 12.6 Å². The average molecular weight is 320 g/mol. The van der Waals surface area contributed by atoms with Crippen molar-refractivity contribution in [3.05, 3.63) is 77.9 Å². The molecular formula is C20H20N2O2. The predicted octanol–water partition coefficient (Wildman–Crippen LogP) is 4.48. The Hall–Kier alpha value is -2.88. The van der Waals surface area contributed by atoms with Crippen molar-refractivity contribution in [3.8, 4) is 11.3 Å². The summed E-state index contributed by atoms with van der Waals surface area (Å²) in [6.07, 6.45) is 1.62. The molecule has 4 nitrogen and oxygen atoms in total. The second-order valence-corrected chi connectivity index (χ2v) is 5.80. The van der Waals surface area contributed by atoms with E-state index in [4.69, 9.17) is 4.42 Å². The molecule has 1 unspecified atom stereocenters. The number of amides is 1. The molecule has 122 valence electrons. The van der Waals surface area contributed by atoms with Crippen LogP contribution >= 0.6 is 0 Å².